The van der Waals surface area contributed by atoms with Crippen molar-refractivity contribution in [3.8, 4) is 0 Å². The van der Waals surface area contributed by atoms with E-state index in [1.54, 1.807) is 0 Å². The molecule has 0 spiro atoms. The van der Waals surface area contributed by atoms with Gasteiger partial charge in [-0.05, 0) is 0 Å². The van der Waals surface area contributed by atoms with Crippen molar-refractivity contribution in [3.63, 3.8) is 0 Å². The van der Waals surface area contributed by atoms with Crippen LogP contribution in [0.25, 0.3) is 0 Å². The van der Waals surface area contributed by atoms with Gasteiger partial charge in [-0.3, -0.25) is 27.9 Å². The van der Waals surface area contributed by atoms with Gasteiger partial charge < -0.3 is 4.55 Å². The van der Waals surface area contributed by atoms with Gasteiger partial charge in [0, 0.05) is 0 Å². The number of hydrogen-bond donors (Lipinski definition) is 5. The summed E-state index contributed by atoms with van der Waals surface area (Å²) in [6, 6.07) is 0. The van der Waals surface area contributed by atoms with Crippen molar-refractivity contribution in [1.82, 2.24) is 0 Å². The van der Waals surface area contributed by atoms with Gasteiger partial charge in [-0.2, -0.15) is 0 Å². The molecule has 0 atom stereocenters. The predicted octanol–water partition coefficient (Wildman–Crippen LogP) is -3.36. The largest absolute Gasteiger partial charge is 1.00 e. The van der Waals surface area contributed by atoms with Crippen LogP contribution in [0.5, 0.6) is 0 Å². The summed E-state index contributed by atoms with van der Waals surface area (Å²) in [4.78, 5) is 0. The molecule has 0 fully saturated rings. The van der Waals surface area contributed by atoms with Gasteiger partial charge in [-0.15, -0.1) is 0 Å². The van der Waals surface area contributed by atoms with Crippen molar-refractivity contribution in [2.75, 3.05) is 0 Å². The zero-order chi connectivity index (χ0) is 8.50. The fourth-order valence-corrected chi connectivity index (χ4v) is 0. The average Bonchev–Trinajstić information content (AvgIpc) is 1.72. The Labute approximate surface area is 68.9 Å². The molecular weight excluding hydrogens is 216 g/mol. The average molecular weight is 225 g/mol. The summed E-state index contributed by atoms with van der Waals surface area (Å²) in [7, 11) is -4.92. The summed E-state index contributed by atoms with van der Waals surface area (Å²) in [5.41, 5.74) is 0. The van der Waals surface area contributed by atoms with Crippen LogP contribution in [-0.4, -0.2) is 17.5 Å². The van der Waals surface area contributed by atoms with Gasteiger partial charge in [0.2, 0.25) is 10.4 Å². The minimum atomic E-state index is -4.92. The van der Waals surface area contributed by atoms with Crippen LogP contribution in [0.1, 0.15) is 0 Å². The molecule has 10 heavy (non-hydrogen) atoms. The molecule has 9 N–H and O–H groups in total. The molecule has 0 aliphatic carbocycles. The molecule has 8 nitrogen and oxygen atoms in total. The molecule has 0 aromatic heterocycles. The van der Waals surface area contributed by atoms with Crippen LogP contribution in [0.15, 0.2) is 0 Å². The molecule has 0 bridgehead atoms. The third-order valence-corrected chi connectivity index (χ3v) is 0. The maximum atomic E-state index is 8.63. The summed E-state index contributed by atoms with van der Waals surface area (Å²) in [5.74, 6) is 16.0. The monoisotopic (exact) mass is 224 g/mol. The van der Waals surface area contributed by atoms with Crippen LogP contribution in [-0.2, 0) is 27.5 Å². The van der Waals surface area contributed by atoms with Crippen molar-refractivity contribution >= 4 is 10.4 Å². The second kappa shape index (κ2) is 16.1. The van der Waals surface area contributed by atoms with Crippen LogP contribution in [0.2, 0.25) is 0 Å². The Morgan fingerprint density at radius 2 is 1.10 bits per heavy atom. The minimum absolute atomic E-state index is 0. The molecule has 0 saturated carbocycles. The molecule has 0 amide bonds. The van der Waals surface area contributed by atoms with E-state index in [-0.39, 0.29) is 17.1 Å². The van der Waals surface area contributed by atoms with Crippen molar-refractivity contribution in [2.45, 2.75) is 0 Å². The third kappa shape index (κ3) is 8170. The quantitative estimate of drug-likeness (QED) is 0.0929. The van der Waals surface area contributed by atoms with E-state index in [9.17, 15) is 0 Å². The van der Waals surface area contributed by atoms with Crippen molar-refractivity contribution in [3.05, 3.63) is 0 Å². The molecule has 0 heterocycles. The molecular formula is H9CuN4O4S. The first kappa shape index (κ1) is 22.5. The molecule has 0 aromatic rings. The standard InChI is InChI=1S/Cu.2H4N2.H2O4S/c;2*1-2;1-5(2,3)4/h;2*1-2H2;(H2,1,2,3,4)/q+1;;;/p-1. The fourth-order valence-electron chi connectivity index (χ4n) is 0. The first-order valence-corrected chi connectivity index (χ1v) is 2.71. The van der Waals surface area contributed by atoms with Gasteiger partial charge in [-0.25, -0.2) is 8.42 Å². The van der Waals surface area contributed by atoms with Crippen LogP contribution >= 0.6 is 0 Å². The van der Waals surface area contributed by atoms with Gasteiger partial charge in [0.05, 0.1) is 0 Å². The van der Waals surface area contributed by atoms with Crippen LogP contribution in [0.3, 0.4) is 0 Å². The van der Waals surface area contributed by atoms with Gasteiger partial charge >= 0.3 is 17.1 Å². The van der Waals surface area contributed by atoms with Crippen LogP contribution in [0, 0.1) is 0 Å². The Morgan fingerprint density at radius 1 is 1.10 bits per heavy atom. The molecule has 0 aromatic carbocycles. The van der Waals surface area contributed by atoms with Crippen molar-refractivity contribution < 1.29 is 34.6 Å². The summed E-state index contributed by atoms with van der Waals surface area (Å²) in [5, 5.41) is 0. The summed E-state index contributed by atoms with van der Waals surface area (Å²) in [6.07, 6.45) is 0. The van der Waals surface area contributed by atoms with Crippen LogP contribution < -0.4 is 23.4 Å². The van der Waals surface area contributed by atoms with E-state index in [1.807, 2.05) is 0 Å². The van der Waals surface area contributed by atoms with Gasteiger partial charge in [0.25, 0.3) is 0 Å². The minimum Gasteiger partial charge on any atom is -0.726 e. The predicted molar refractivity (Wildman–Crippen MR) is 29.1 cm³/mol. The number of nitrogens with two attached hydrogens (primary N) is 4. The van der Waals surface area contributed by atoms with Gasteiger partial charge in [0.1, 0.15) is 0 Å². The van der Waals surface area contributed by atoms with E-state index in [0.29, 0.717) is 0 Å². The Hall–Kier alpha value is 0.229. The SMILES string of the molecule is NN.NN.O=S(=O)([O-])O.[Cu+]. The topological polar surface area (TPSA) is 182 Å². The van der Waals surface area contributed by atoms with E-state index in [4.69, 9.17) is 17.5 Å². The first-order chi connectivity index (χ1) is 4.00. The maximum Gasteiger partial charge on any atom is 1.00 e. The number of hydrogen-bond acceptors (Lipinski definition) is 7. The normalized spacial score (nSPS) is 7.00. The Balaban J connectivity index is -0.0000000315. The third-order valence-electron chi connectivity index (χ3n) is 0. The van der Waals surface area contributed by atoms with Crippen LogP contribution in [0.4, 0.5) is 0 Å². The summed E-state index contributed by atoms with van der Waals surface area (Å²) < 4.78 is 32.8. The Bertz CT molecular complexity index is 100. The zero-order valence-electron chi connectivity index (χ0n) is 4.69. The number of rotatable bonds is 0. The molecule has 0 unspecified atom stereocenters. The molecule has 70 valence electrons. The summed E-state index contributed by atoms with van der Waals surface area (Å²) >= 11 is 0. The fraction of sp³-hybridized carbons (Fsp3) is 0. The second-order valence-corrected chi connectivity index (χ2v) is 1.28. The first-order valence-electron chi connectivity index (χ1n) is 1.35. The van der Waals surface area contributed by atoms with E-state index in [2.05, 4.69) is 23.4 Å². The van der Waals surface area contributed by atoms with E-state index in [1.165, 1.54) is 0 Å². The molecule has 0 aliphatic heterocycles. The Morgan fingerprint density at radius 3 is 1.10 bits per heavy atom. The summed E-state index contributed by atoms with van der Waals surface area (Å²) in [6.45, 7) is 0. The zero-order valence-corrected chi connectivity index (χ0v) is 6.45. The molecule has 0 saturated heterocycles. The van der Waals surface area contributed by atoms with Crippen molar-refractivity contribution in [1.29, 1.82) is 0 Å². The molecule has 0 aliphatic rings. The van der Waals surface area contributed by atoms with E-state index < -0.39 is 10.4 Å². The van der Waals surface area contributed by atoms with E-state index >= 15 is 0 Å². The van der Waals surface area contributed by atoms with E-state index in [0.717, 1.165) is 0 Å². The Kier molecular flexibility index (Phi) is 36.2. The molecule has 0 radical (unpaired) electrons. The smallest absolute Gasteiger partial charge is 0.726 e. The second-order valence-electron chi connectivity index (χ2n) is 0.428. The van der Waals surface area contributed by atoms with Crippen molar-refractivity contribution in [2.24, 2.45) is 23.4 Å². The van der Waals surface area contributed by atoms with Gasteiger partial charge in [0.15, 0.2) is 0 Å². The molecule has 10 heteroatoms. The molecule has 0 rings (SSSR count). The number of hydrazine groups is 2. The maximum absolute atomic E-state index is 8.63. The van der Waals surface area contributed by atoms with Gasteiger partial charge in [-0.1, -0.05) is 0 Å².